The number of hydrogen-bond acceptors (Lipinski definition) is 6. The van der Waals surface area contributed by atoms with Crippen LogP contribution in [-0.4, -0.2) is 37.2 Å². The Labute approximate surface area is 158 Å². The van der Waals surface area contributed by atoms with Crippen LogP contribution in [0.4, 0.5) is 0 Å². The number of ether oxygens (including phenoxy) is 2. The number of nitrogens with two attached hydrogens (primary N) is 1. The Morgan fingerprint density at radius 2 is 1.92 bits per heavy atom. The van der Waals surface area contributed by atoms with Gasteiger partial charge < -0.3 is 20.5 Å². The Bertz CT molecular complexity index is 733. The van der Waals surface area contributed by atoms with Gasteiger partial charge in [-0.3, -0.25) is 4.79 Å². The van der Waals surface area contributed by atoms with Gasteiger partial charge in [0.15, 0.2) is 11.5 Å². The summed E-state index contributed by atoms with van der Waals surface area (Å²) in [6, 6.07) is 5.66. The van der Waals surface area contributed by atoms with Gasteiger partial charge in [0.05, 0.1) is 31.9 Å². The molecule has 7 heteroatoms. The third-order valence-electron chi connectivity index (χ3n) is 4.67. The average Bonchev–Trinajstić information content (AvgIpc) is 3.13. The van der Waals surface area contributed by atoms with Crippen molar-refractivity contribution in [2.45, 2.75) is 38.6 Å². The van der Waals surface area contributed by atoms with Gasteiger partial charge in [0.2, 0.25) is 5.91 Å². The minimum atomic E-state index is -0.334. The van der Waals surface area contributed by atoms with E-state index in [4.69, 9.17) is 15.2 Å². The van der Waals surface area contributed by atoms with Gasteiger partial charge in [0.1, 0.15) is 5.01 Å². The van der Waals surface area contributed by atoms with Gasteiger partial charge in [-0.1, -0.05) is 13.8 Å². The lowest BCUT2D eigenvalue weighted by atomic mass is 9.92. The predicted octanol–water partition coefficient (Wildman–Crippen LogP) is 3.00. The summed E-state index contributed by atoms with van der Waals surface area (Å²) >= 11 is 1.50. The molecule has 2 aromatic rings. The van der Waals surface area contributed by atoms with E-state index in [0.717, 1.165) is 29.1 Å². The number of carbonyl (C=O) groups excluding carboxylic acids is 1. The number of nitrogens with one attached hydrogen (secondary N) is 1. The largest absolute Gasteiger partial charge is 0.493 e. The summed E-state index contributed by atoms with van der Waals surface area (Å²) in [4.78, 5) is 17.0. The molecule has 1 amide bonds. The minimum Gasteiger partial charge on any atom is -0.493 e. The third-order valence-corrected chi connectivity index (χ3v) is 5.61. The van der Waals surface area contributed by atoms with Crippen molar-refractivity contribution in [3.8, 4) is 22.1 Å². The topological polar surface area (TPSA) is 86.5 Å². The normalized spacial score (nSPS) is 11.3. The Balaban J connectivity index is 2.11. The molecule has 1 aromatic carbocycles. The molecular formula is C19H27N3O3S. The van der Waals surface area contributed by atoms with Crippen molar-refractivity contribution in [2.24, 2.45) is 5.73 Å². The molecule has 0 aliphatic rings. The van der Waals surface area contributed by atoms with Crippen LogP contribution >= 0.6 is 11.3 Å². The second kappa shape index (κ2) is 9.00. The van der Waals surface area contributed by atoms with Crippen LogP contribution in [0.3, 0.4) is 0 Å². The number of amides is 1. The van der Waals surface area contributed by atoms with E-state index in [1.54, 1.807) is 14.2 Å². The van der Waals surface area contributed by atoms with Crippen molar-refractivity contribution in [3.63, 3.8) is 0 Å². The van der Waals surface area contributed by atoms with Gasteiger partial charge >= 0.3 is 0 Å². The first-order valence-corrected chi connectivity index (χ1v) is 9.56. The SMILES string of the molecule is CCC(CC)(CN)NC(=O)Cc1csc(-c2ccc(OC)c(OC)c2)n1. The van der Waals surface area contributed by atoms with Crippen LogP contribution in [0.25, 0.3) is 10.6 Å². The number of aromatic nitrogens is 1. The first-order valence-electron chi connectivity index (χ1n) is 8.68. The number of hydrogen-bond donors (Lipinski definition) is 2. The fraction of sp³-hybridized carbons (Fsp3) is 0.474. The first kappa shape index (κ1) is 20.2. The Hall–Kier alpha value is -2.12. The maximum Gasteiger partial charge on any atom is 0.226 e. The molecule has 1 aromatic heterocycles. The average molecular weight is 378 g/mol. The maximum atomic E-state index is 12.4. The molecule has 0 fully saturated rings. The summed E-state index contributed by atoms with van der Waals surface area (Å²) < 4.78 is 10.6. The molecule has 2 rings (SSSR count). The Morgan fingerprint density at radius 3 is 2.50 bits per heavy atom. The number of carbonyl (C=O) groups is 1. The molecule has 6 nitrogen and oxygen atoms in total. The molecule has 142 valence electrons. The monoisotopic (exact) mass is 377 g/mol. The third kappa shape index (κ3) is 4.53. The fourth-order valence-corrected chi connectivity index (χ4v) is 3.58. The lowest BCUT2D eigenvalue weighted by Crippen LogP contribution is -2.53. The van der Waals surface area contributed by atoms with Crippen molar-refractivity contribution in [1.29, 1.82) is 0 Å². The van der Waals surface area contributed by atoms with Crippen molar-refractivity contribution in [3.05, 3.63) is 29.3 Å². The zero-order chi connectivity index (χ0) is 19.2. The molecule has 0 saturated carbocycles. The first-order chi connectivity index (χ1) is 12.5. The van der Waals surface area contributed by atoms with Crippen LogP contribution < -0.4 is 20.5 Å². The highest BCUT2D eigenvalue weighted by molar-refractivity contribution is 7.13. The van der Waals surface area contributed by atoms with E-state index in [2.05, 4.69) is 10.3 Å². The van der Waals surface area contributed by atoms with E-state index in [0.29, 0.717) is 18.0 Å². The van der Waals surface area contributed by atoms with Gasteiger partial charge in [0.25, 0.3) is 0 Å². The van der Waals surface area contributed by atoms with Gasteiger partial charge in [-0.05, 0) is 31.0 Å². The highest BCUT2D eigenvalue weighted by Gasteiger charge is 2.26. The lowest BCUT2D eigenvalue weighted by molar-refractivity contribution is -0.122. The molecule has 0 spiro atoms. The van der Waals surface area contributed by atoms with Crippen molar-refractivity contribution in [1.82, 2.24) is 10.3 Å². The summed E-state index contributed by atoms with van der Waals surface area (Å²) in [5.74, 6) is 1.27. The van der Waals surface area contributed by atoms with E-state index in [1.165, 1.54) is 11.3 Å². The summed E-state index contributed by atoms with van der Waals surface area (Å²) in [6.07, 6.45) is 1.85. The zero-order valence-electron chi connectivity index (χ0n) is 15.8. The van der Waals surface area contributed by atoms with Crippen LogP contribution in [0.15, 0.2) is 23.6 Å². The highest BCUT2D eigenvalue weighted by atomic mass is 32.1. The van der Waals surface area contributed by atoms with Gasteiger partial charge in [0, 0.05) is 17.5 Å². The molecule has 0 atom stereocenters. The molecule has 1 heterocycles. The second-order valence-electron chi connectivity index (χ2n) is 6.13. The summed E-state index contributed by atoms with van der Waals surface area (Å²) in [5, 5.41) is 5.82. The summed E-state index contributed by atoms with van der Waals surface area (Å²) in [5.41, 5.74) is 7.19. The Morgan fingerprint density at radius 1 is 1.23 bits per heavy atom. The zero-order valence-corrected chi connectivity index (χ0v) is 16.6. The quantitative estimate of drug-likeness (QED) is 0.701. The highest BCUT2D eigenvalue weighted by Crippen LogP contribution is 2.33. The molecule has 3 N–H and O–H groups in total. The van der Waals surface area contributed by atoms with Gasteiger partial charge in [-0.2, -0.15) is 0 Å². The van der Waals surface area contributed by atoms with Crippen LogP contribution in [0, 0.1) is 0 Å². The molecule has 26 heavy (non-hydrogen) atoms. The number of methoxy groups -OCH3 is 2. The lowest BCUT2D eigenvalue weighted by Gasteiger charge is -2.31. The van der Waals surface area contributed by atoms with E-state index >= 15 is 0 Å². The smallest absolute Gasteiger partial charge is 0.226 e. The van der Waals surface area contributed by atoms with Crippen LogP contribution in [0.5, 0.6) is 11.5 Å². The molecule has 0 aliphatic carbocycles. The number of benzene rings is 1. The van der Waals surface area contributed by atoms with Gasteiger partial charge in [-0.15, -0.1) is 11.3 Å². The molecule has 0 saturated heterocycles. The predicted molar refractivity (Wildman–Crippen MR) is 105 cm³/mol. The summed E-state index contributed by atoms with van der Waals surface area (Å²) in [7, 11) is 3.20. The minimum absolute atomic E-state index is 0.0525. The van der Waals surface area contributed by atoms with Gasteiger partial charge in [-0.25, -0.2) is 4.98 Å². The molecule has 0 unspecified atom stereocenters. The van der Waals surface area contributed by atoms with E-state index < -0.39 is 0 Å². The number of nitrogens with zero attached hydrogens (tertiary/aromatic N) is 1. The van der Waals surface area contributed by atoms with Crippen LogP contribution in [0.1, 0.15) is 32.4 Å². The van der Waals surface area contributed by atoms with E-state index in [9.17, 15) is 4.79 Å². The fourth-order valence-electron chi connectivity index (χ4n) is 2.76. The molecule has 0 bridgehead atoms. The van der Waals surface area contributed by atoms with E-state index in [-0.39, 0.29) is 17.9 Å². The second-order valence-corrected chi connectivity index (χ2v) is 6.99. The Kier molecular flexibility index (Phi) is 6.99. The molecular weight excluding hydrogens is 350 g/mol. The van der Waals surface area contributed by atoms with Crippen LogP contribution in [-0.2, 0) is 11.2 Å². The standard InChI is InChI=1S/C19H27N3O3S/c1-5-19(6-2,12-20)22-17(23)10-14-11-26-18(21-14)13-7-8-15(24-3)16(9-13)25-4/h7-9,11H,5-6,10,12,20H2,1-4H3,(H,22,23). The van der Waals surface area contributed by atoms with Crippen molar-refractivity contribution in [2.75, 3.05) is 20.8 Å². The van der Waals surface area contributed by atoms with Crippen molar-refractivity contribution < 1.29 is 14.3 Å². The van der Waals surface area contributed by atoms with Crippen molar-refractivity contribution >= 4 is 17.2 Å². The van der Waals surface area contributed by atoms with E-state index in [1.807, 2.05) is 37.4 Å². The molecule has 0 radical (unpaired) electrons. The number of rotatable bonds is 9. The maximum absolute atomic E-state index is 12.4. The summed E-state index contributed by atoms with van der Waals surface area (Å²) in [6.45, 7) is 4.50. The van der Waals surface area contributed by atoms with Crippen LogP contribution in [0.2, 0.25) is 0 Å². The number of thiazole rings is 1. The molecule has 0 aliphatic heterocycles.